The Labute approximate surface area is 167 Å². The van der Waals surface area contributed by atoms with E-state index in [4.69, 9.17) is 30.5 Å². The molecule has 1 heterocycles. The second kappa shape index (κ2) is 9.49. The molecule has 1 fully saturated rings. The van der Waals surface area contributed by atoms with Gasteiger partial charge < -0.3 is 18.9 Å². The van der Waals surface area contributed by atoms with Crippen LogP contribution in [0.3, 0.4) is 0 Å². The lowest BCUT2D eigenvalue weighted by atomic mass is 9.90. The Bertz CT molecular complexity index is 737. The van der Waals surface area contributed by atoms with Crippen LogP contribution in [0.2, 0.25) is 5.02 Å². The van der Waals surface area contributed by atoms with Crippen molar-refractivity contribution in [2.24, 2.45) is 0 Å². The van der Waals surface area contributed by atoms with E-state index in [0.717, 1.165) is 0 Å². The van der Waals surface area contributed by atoms with E-state index in [1.54, 1.807) is 20.8 Å². The van der Waals surface area contributed by atoms with E-state index in [1.165, 1.54) is 6.07 Å². The highest BCUT2D eigenvalue weighted by Crippen LogP contribution is 2.45. The highest BCUT2D eigenvalue weighted by molar-refractivity contribution is 6.31. The van der Waals surface area contributed by atoms with Crippen molar-refractivity contribution in [3.8, 4) is 5.75 Å². The van der Waals surface area contributed by atoms with Crippen LogP contribution in [0, 0.1) is 15.9 Å². The molecule has 156 valence electrons. The Morgan fingerprint density at radius 1 is 1.39 bits per heavy atom. The third-order valence-corrected chi connectivity index (χ3v) is 4.59. The zero-order valence-corrected chi connectivity index (χ0v) is 16.7. The topological polar surface area (TPSA) is 97.1 Å². The van der Waals surface area contributed by atoms with Crippen LogP contribution in [0.25, 0.3) is 0 Å². The molecule has 0 radical (unpaired) electrons. The summed E-state index contributed by atoms with van der Waals surface area (Å²) in [4.78, 5) is 22.6. The van der Waals surface area contributed by atoms with Crippen LogP contribution in [0.4, 0.5) is 4.39 Å². The number of hydrogen-bond acceptors (Lipinski definition) is 7. The summed E-state index contributed by atoms with van der Waals surface area (Å²) in [6.45, 7) is 5.11. The Balaban J connectivity index is 2.64. The van der Waals surface area contributed by atoms with Crippen molar-refractivity contribution in [1.29, 1.82) is 0 Å². The third kappa shape index (κ3) is 4.89. The molecule has 1 unspecified atom stereocenters. The van der Waals surface area contributed by atoms with Crippen LogP contribution in [0.15, 0.2) is 6.07 Å². The summed E-state index contributed by atoms with van der Waals surface area (Å²) in [7, 11) is 0. The van der Waals surface area contributed by atoms with Gasteiger partial charge in [-0.3, -0.25) is 14.9 Å². The van der Waals surface area contributed by atoms with Gasteiger partial charge in [-0.1, -0.05) is 11.6 Å². The molecule has 8 nitrogen and oxygen atoms in total. The first-order chi connectivity index (χ1) is 13.2. The highest BCUT2D eigenvalue weighted by Gasteiger charge is 2.40. The standard InChI is InChI=1S/C18H23ClFNO7/c1-4-25-14(22)8-11(10-21(23)24)15-16(20)13(19)9-12(17(15)26-5-2)18(3)27-6-7-28-18/h9,11H,4-8,10H2,1-3H3. The molecule has 1 aliphatic rings. The smallest absolute Gasteiger partial charge is 0.306 e. The molecular formula is C18H23ClFNO7. The van der Waals surface area contributed by atoms with Gasteiger partial charge in [0.2, 0.25) is 6.54 Å². The van der Waals surface area contributed by atoms with Crippen LogP contribution in [-0.4, -0.2) is 43.9 Å². The second-order valence-corrected chi connectivity index (χ2v) is 6.67. The molecular weight excluding hydrogens is 397 g/mol. The maximum atomic E-state index is 15.0. The SMILES string of the molecule is CCOC(=O)CC(C[N+](=O)[O-])c1c(F)c(Cl)cc(C2(C)OCCO2)c1OCC. The number of nitrogens with zero attached hydrogens (tertiary/aromatic N) is 1. The minimum atomic E-state index is -1.25. The van der Waals surface area contributed by atoms with E-state index in [2.05, 4.69) is 0 Å². The van der Waals surface area contributed by atoms with Crippen molar-refractivity contribution in [2.45, 2.75) is 38.9 Å². The summed E-state index contributed by atoms with van der Waals surface area (Å²) in [5, 5.41) is 10.9. The zero-order valence-electron chi connectivity index (χ0n) is 16.0. The molecule has 1 aromatic rings. The highest BCUT2D eigenvalue weighted by atomic mass is 35.5. The lowest BCUT2D eigenvalue weighted by molar-refractivity contribution is -0.483. The van der Waals surface area contributed by atoms with Gasteiger partial charge in [-0.2, -0.15) is 0 Å². The zero-order chi connectivity index (χ0) is 20.9. The number of nitro groups is 1. The maximum absolute atomic E-state index is 15.0. The van der Waals surface area contributed by atoms with Gasteiger partial charge in [-0.05, 0) is 26.8 Å². The quantitative estimate of drug-likeness (QED) is 0.343. The summed E-state index contributed by atoms with van der Waals surface area (Å²) in [6.07, 6.45) is -0.399. The maximum Gasteiger partial charge on any atom is 0.306 e. The second-order valence-electron chi connectivity index (χ2n) is 6.26. The molecule has 1 aliphatic heterocycles. The fraction of sp³-hybridized carbons (Fsp3) is 0.611. The van der Waals surface area contributed by atoms with E-state index >= 15 is 4.39 Å². The molecule has 1 atom stereocenters. The molecule has 0 amide bonds. The fourth-order valence-electron chi connectivity index (χ4n) is 3.16. The van der Waals surface area contributed by atoms with Crippen LogP contribution >= 0.6 is 11.6 Å². The Morgan fingerprint density at radius 3 is 2.57 bits per heavy atom. The van der Waals surface area contributed by atoms with Crippen molar-refractivity contribution in [1.82, 2.24) is 0 Å². The van der Waals surface area contributed by atoms with Gasteiger partial charge in [0, 0.05) is 10.5 Å². The van der Waals surface area contributed by atoms with Crippen LogP contribution in [0.1, 0.15) is 44.2 Å². The van der Waals surface area contributed by atoms with E-state index in [9.17, 15) is 14.9 Å². The van der Waals surface area contributed by atoms with E-state index in [-0.39, 0.29) is 29.5 Å². The Hall–Kier alpha value is -1.97. The molecule has 28 heavy (non-hydrogen) atoms. The van der Waals surface area contributed by atoms with Gasteiger partial charge in [-0.25, -0.2) is 4.39 Å². The molecule has 0 aromatic heterocycles. The number of carbonyl (C=O) groups is 1. The van der Waals surface area contributed by atoms with Gasteiger partial charge in [0.25, 0.3) is 0 Å². The van der Waals surface area contributed by atoms with Crippen LogP contribution < -0.4 is 4.74 Å². The molecule has 10 heteroatoms. The number of hydrogen-bond donors (Lipinski definition) is 0. The molecule has 1 saturated heterocycles. The third-order valence-electron chi connectivity index (χ3n) is 4.32. The van der Waals surface area contributed by atoms with E-state index in [1.807, 2.05) is 0 Å². The number of halogens is 2. The van der Waals surface area contributed by atoms with Crippen molar-refractivity contribution in [3.05, 3.63) is 38.1 Å². The minimum absolute atomic E-state index is 0.0324. The summed E-state index contributed by atoms with van der Waals surface area (Å²) >= 11 is 6.08. The molecule has 1 aromatic carbocycles. The number of rotatable bonds is 9. The Morgan fingerprint density at radius 2 is 2.04 bits per heavy atom. The van der Waals surface area contributed by atoms with Gasteiger partial charge >= 0.3 is 5.97 Å². The van der Waals surface area contributed by atoms with Gasteiger partial charge in [0.1, 0.15) is 11.6 Å². The molecule has 0 bridgehead atoms. The van der Waals surface area contributed by atoms with Crippen molar-refractivity contribution in [3.63, 3.8) is 0 Å². The molecule has 0 spiro atoms. The monoisotopic (exact) mass is 419 g/mol. The average molecular weight is 420 g/mol. The number of ether oxygens (including phenoxy) is 4. The number of esters is 1. The minimum Gasteiger partial charge on any atom is -0.493 e. The van der Waals surface area contributed by atoms with Gasteiger partial charge in [0.05, 0.1) is 49.4 Å². The summed E-state index contributed by atoms with van der Waals surface area (Å²) in [5.74, 6) is -3.92. The summed E-state index contributed by atoms with van der Waals surface area (Å²) in [6, 6.07) is 1.32. The first kappa shape index (κ1) is 22.3. The first-order valence-corrected chi connectivity index (χ1v) is 9.31. The average Bonchev–Trinajstić information content (AvgIpc) is 3.05. The first-order valence-electron chi connectivity index (χ1n) is 8.93. The largest absolute Gasteiger partial charge is 0.493 e. The van der Waals surface area contributed by atoms with Crippen LogP contribution in [-0.2, 0) is 24.8 Å². The molecule has 0 N–H and O–H groups in total. The van der Waals surface area contributed by atoms with Crippen molar-refractivity contribution < 1.29 is 33.1 Å². The summed E-state index contributed by atoms with van der Waals surface area (Å²) in [5.41, 5.74) is 0.153. The molecule has 2 rings (SSSR count). The van der Waals surface area contributed by atoms with E-state index in [0.29, 0.717) is 18.8 Å². The van der Waals surface area contributed by atoms with Gasteiger partial charge in [-0.15, -0.1) is 0 Å². The lowest BCUT2D eigenvalue weighted by Gasteiger charge is -2.28. The molecule has 0 saturated carbocycles. The van der Waals surface area contributed by atoms with Gasteiger partial charge in [0.15, 0.2) is 5.79 Å². The Kier molecular flexibility index (Phi) is 7.56. The fourth-order valence-corrected chi connectivity index (χ4v) is 3.37. The lowest BCUT2D eigenvalue weighted by Crippen LogP contribution is -2.26. The van der Waals surface area contributed by atoms with Crippen molar-refractivity contribution >= 4 is 17.6 Å². The predicted octanol–water partition coefficient (Wildman–Crippen LogP) is 3.41. The predicted molar refractivity (Wildman–Crippen MR) is 97.7 cm³/mol. The van der Waals surface area contributed by atoms with E-state index < -0.39 is 41.4 Å². The van der Waals surface area contributed by atoms with Crippen LogP contribution in [0.5, 0.6) is 5.75 Å². The summed E-state index contributed by atoms with van der Waals surface area (Å²) < 4.78 is 36.9. The molecule has 0 aliphatic carbocycles. The number of benzene rings is 1. The number of carbonyl (C=O) groups excluding carboxylic acids is 1. The normalized spacial score (nSPS) is 16.6. The van der Waals surface area contributed by atoms with Crippen molar-refractivity contribution in [2.75, 3.05) is 33.0 Å².